The first-order chi connectivity index (χ1) is 13.7. The van der Waals surface area contributed by atoms with E-state index in [9.17, 15) is 9.90 Å². The summed E-state index contributed by atoms with van der Waals surface area (Å²) in [5.41, 5.74) is 2.20. The number of hydrogen-bond acceptors (Lipinski definition) is 3. The number of carbonyl (C=O) groups is 1. The highest BCUT2D eigenvalue weighted by Gasteiger charge is 2.20. The second kappa shape index (κ2) is 9.93. The highest BCUT2D eigenvalue weighted by Crippen LogP contribution is 2.40. The molecule has 0 aliphatic rings. The average molecular weight is 376 g/mol. The molecule has 0 spiro atoms. The first-order valence-electron chi connectivity index (χ1n) is 10.1. The van der Waals surface area contributed by atoms with Crippen molar-refractivity contribution in [3.05, 3.63) is 77.9 Å². The Labute approximate surface area is 167 Å². The fourth-order valence-electron chi connectivity index (χ4n) is 3.84. The molecule has 3 aromatic rings. The zero-order chi connectivity index (χ0) is 19.8. The Balaban J connectivity index is 1.80. The molecule has 1 N–H and O–H groups in total. The van der Waals surface area contributed by atoms with Gasteiger partial charge in [-0.2, -0.15) is 0 Å². The third-order valence-corrected chi connectivity index (χ3v) is 5.18. The van der Waals surface area contributed by atoms with E-state index in [1.54, 1.807) is 6.07 Å². The molecule has 0 saturated carbocycles. The van der Waals surface area contributed by atoms with Crippen LogP contribution < -0.4 is 0 Å². The summed E-state index contributed by atoms with van der Waals surface area (Å²) in [6.07, 6.45) is 4.19. The lowest BCUT2D eigenvalue weighted by Crippen LogP contribution is -2.05. The van der Waals surface area contributed by atoms with E-state index in [4.69, 9.17) is 4.74 Å². The van der Waals surface area contributed by atoms with Crippen molar-refractivity contribution < 1.29 is 14.6 Å². The summed E-state index contributed by atoms with van der Waals surface area (Å²) >= 11 is 0. The molecular weight excluding hydrogens is 348 g/mol. The number of rotatable bonds is 9. The number of phenolic OH excluding ortho intramolecular Hbond substituents is 1. The van der Waals surface area contributed by atoms with E-state index < -0.39 is 0 Å². The summed E-state index contributed by atoms with van der Waals surface area (Å²) in [7, 11) is 0. The lowest BCUT2D eigenvalue weighted by Gasteiger charge is -2.21. The number of hydrogen-bond donors (Lipinski definition) is 1. The molecular formula is C25H28O3. The molecule has 146 valence electrons. The Bertz CT molecular complexity index is 902. The molecule has 0 aromatic heterocycles. The lowest BCUT2D eigenvalue weighted by atomic mass is 9.83. The molecule has 1 atom stereocenters. The normalized spacial score (nSPS) is 12.0. The van der Waals surface area contributed by atoms with E-state index >= 15 is 0 Å². The van der Waals surface area contributed by atoms with Gasteiger partial charge in [-0.05, 0) is 42.2 Å². The summed E-state index contributed by atoms with van der Waals surface area (Å²) in [5.74, 6) is 0.350. The van der Waals surface area contributed by atoms with Gasteiger partial charge in [0.15, 0.2) is 0 Å². The van der Waals surface area contributed by atoms with Crippen LogP contribution in [0.5, 0.6) is 5.75 Å². The smallest absolute Gasteiger partial charge is 0.305 e. The molecule has 3 aromatic carbocycles. The van der Waals surface area contributed by atoms with Gasteiger partial charge < -0.3 is 9.84 Å². The zero-order valence-electron chi connectivity index (χ0n) is 16.4. The molecule has 1 unspecified atom stereocenters. The van der Waals surface area contributed by atoms with E-state index in [-0.39, 0.29) is 11.9 Å². The Kier molecular flexibility index (Phi) is 7.07. The fourth-order valence-corrected chi connectivity index (χ4v) is 3.84. The van der Waals surface area contributed by atoms with Gasteiger partial charge in [0.2, 0.25) is 0 Å². The number of esters is 1. The monoisotopic (exact) mass is 376 g/mol. The first-order valence-corrected chi connectivity index (χ1v) is 10.1. The minimum Gasteiger partial charge on any atom is -0.508 e. The van der Waals surface area contributed by atoms with Gasteiger partial charge >= 0.3 is 5.97 Å². The predicted molar refractivity (Wildman–Crippen MR) is 114 cm³/mol. The maximum atomic E-state index is 11.5. The summed E-state index contributed by atoms with van der Waals surface area (Å²) in [6.45, 7) is 2.27. The predicted octanol–water partition coefficient (Wildman–Crippen LogP) is 6.19. The van der Waals surface area contributed by atoms with Crippen LogP contribution in [-0.4, -0.2) is 17.7 Å². The number of ether oxygens (including phenoxy) is 1. The van der Waals surface area contributed by atoms with Crippen LogP contribution in [-0.2, 0) is 9.53 Å². The second-order valence-electron chi connectivity index (χ2n) is 7.09. The largest absolute Gasteiger partial charge is 0.508 e. The van der Waals surface area contributed by atoms with Crippen LogP contribution >= 0.6 is 0 Å². The highest BCUT2D eigenvalue weighted by molar-refractivity contribution is 5.88. The van der Waals surface area contributed by atoms with Crippen LogP contribution in [0.4, 0.5) is 0 Å². The maximum absolute atomic E-state index is 11.5. The number of phenols is 1. The lowest BCUT2D eigenvalue weighted by molar-refractivity contribution is -0.143. The molecule has 0 fully saturated rings. The van der Waals surface area contributed by atoms with Crippen LogP contribution in [0.15, 0.2) is 66.7 Å². The van der Waals surface area contributed by atoms with Gasteiger partial charge in [0.1, 0.15) is 5.75 Å². The summed E-state index contributed by atoms with van der Waals surface area (Å²) < 4.78 is 5.00. The van der Waals surface area contributed by atoms with E-state index in [2.05, 4.69) is 24.3 Å². The molecule has 0 radical (unpaired) electrons. The van der Waals surface area contributed by atoms with Crippen molar-refractivity contribution >= 4 is 16.7 Å². The standard InChI is InChI=1S/C25H28O3/c1-2-28-24(27)16-8-4-7-14-21(19-11-5-3-6-12-19)25-22-15-10-9-13-20(22)17-18-23(25)26/h3,5-6,9-13,15,17-18,21,26H,2,4,7-8,14,16H2,1H3. The summed E-state index contributed by atoms with van der Waals surface area (Å²) in [4.78, 5) is 11.5. The Hall–Kier alpha value is -2.81. The molecule has 3 rings (SSSR count). The van der Waals surface area contributed by atoms with Crippen LogP contribution in [0.3, 0.4) is 0 Å². The van der Waals surface area contributed by atoms with Gasteiger partial charge in [-0.25, -0.2) is 0 Å². The van der Waals surface area contributed by atoms with Crippen LogP contribution in [0, 0.1) is 0 Å². The van der Waals surface area contributed by atoms with Crippen molar-refractivity contribution in [2.45, 2.75) is 44.9 Å². The summed E-state index contributed by atoms with van der Waals surface area (Å²) in [6, 6.07) is 22.3. The van der Waals surface area contributed by atoms with Crippen LogP contribution in [0.1, 0.15) is 56.1 Å². The fraction of sp³-hybridized carbons (Fsp3) is 0.320. The number of benzene rings is 3. The molecule has 3 heteroatoms. The van der Waals surface area contributed by atoms with Crippen molar-refractivity contribution in [3.8, 4) is 5.75 Å². The molecule has 0 bridgehead atoms. The van der Waals surface area contributed by atoms with Crippen molar-refractivity contribution in [2.24, 2.45) is 0 Å². The maximum Gasteiger partial charge on any atom is 0.305 e. The molecule has 3 nitrogen and oxygen atoms in total. The first kappa shape index (κ1) is 19.9. The van der Waals surface area contributed by atoms with Crippen molar-refractivity contribution in [2.75, 3.05) is 6.61 Å². The molecule has 0 aliphatic carbocycles. The quantitative estimate of drug-likeness (QED) is 0.358. The molecule has 0 saturated heterocycles. The Morgan fingerprint density at radius 3 is 2.46 bits per heavy atom. The van der Waals surface area contributed by atoms with Crippen LogP contribution in [0.25, 0.3) is 10.8 Å². The van der Waals surface area contributed by atoms with E-state index in [0.717, 1.165) is 42.0 Å². The minimum absolute atomic E-state index is 0.117. The Morgan fingerprint density at radius 2 is 1.68 bits per heavy atom. The van der Waals surface area contributed by atoms with Gasteiger partial charge in [0, 0.05) is 17.9 Å². The molecule has 0 amide bonds. The third kappa shape index (κ3) is 4.92. The van der Waals surface area contributed by atoms with E-state index in [1.165, 1.54) is 5.56 Å². The van der Waals surface area contributed by atoms with Gasteiger partial charge in [0.05, 0.1) is 6.61 Å². The van der Waals surface area contributed by atoms with Crippen molar-refractivity contribution in [1.82, 2.24) is 0 Å². The average Bonchev–Trinajstić information content (AvgIpc) is 2.72. The minimum atomic E-state index is -0.117. The van der Waals surface area contributed by atoms with Crippen molar-refractivity contribution in [3.63, 3.8) is 0 Å². The molecule has 28 heavy (non-hydrogen) atoms. The van der Waals surface area contributed by atoms with Gasteiger partial charge in [-0.15, -0.1) is 0 Å². The van der Waals surface area contributed by atoms with Gasteiger partial charge in [-0.1, -0.05) is 73.5 Å². The topological polar surface area (TPSA) is 46.5 Å². The van der Waals surface area contributed by atoms with Crippen molar-refractivity contribution in [1.29, 1.82) is 0 Å². The van der Waals surface area contributed by atoms with Crippen LogP contribution in [0.2, 0.25) is 0 Å². The Morgan fingerprint density at radius 1 is 0.929 bits per heavy atom. The number of carbonyl (C=O) groups excluding carboxylic acids is 1. The third-order valence-electron chi connectivity index (χ3n) is 5.18. The number of fused-ring (bicyclic) bond motifs is 1. The molecule has 0 heterocycles. The van der Waals surface area contributed by atoms with E-state index in [1.807, 2.05) is 43.3 Å². The van der Waals surface area contributed by atoms with Gasteiger partial charge in [0.25, 0.3) is 0 Å². The number of aromatic hydroxyl groups is 1. The molecule has 0 aliphatic heterocycles. The summed E-state index contributed by atoms with van der Waals surface area (Å²) in [5, 5.41) is 13.0. The zero-order valence-corrected chi connectivity index (χ0v) is 16.4. The SMILES string of the molecule is CCOC(=O)CCCCCC(c1ccccc1)c1c(O)ccc2ccccc12. The van der Waals surface area contributed by atoms with Gasteiger partial charge in [-0.3, -0.25) is 4.79 Å². The highest BCUT2D eigenvalue weighted by atomic mass is 16.5. The number of unbranched alkanes of at least 4 members (excludes halogenated alkanes) is 2. The van der Waals surface area contributed by atoms with E-state index in [0.29, 0.717) is 18.8 Å². The second-order valence-corrected chi connectivity index (χ2v) is 7.09.